The first-order valence-corrected chi connectivity index (χ1v) is 21.3. The normalized spacial score (nSPS) is 15.4. The van der Waals surface area contributed by atoms with Gasteiger partial charge in [-0.2, -0.15) is 0 Å². The van der Waals surface area contributed by atoms with Crippen molar-refractivity contribution >= 4 is 103 Å². The first-order chi connectivity index (χ1) is 30.0. The van der Waals surface area contributed by atoms with Crippen molar-refractivity contribution in [3.05, 3.63) is 71.2 Å². The maximum absolute atomic E-state index is 13.6. The minimum atomic E-state index is -1.71. The van der Waals surface area contributed by atoms with Crippen LogP contribution >= 0.6 is 23.1 Å². The number of benzene rings is 3. The number of carbonyl (C=O) groups excluding carboxylic acids is 4. The largest absolute Gasteiger partial charge is 0.481 e. The van der Waals surface area contributed by atoms with Crippen molar-refractivity contribution in [1.29, 1.82) is 0 Å². The van der Waals surface area contributed by atoms with Gasteiger partial charge in [0.15, 0.2) is 6.04 Å². The quantitative estimate of drug-likeness (QED) is 0.0547. The Morgan fingerprint density at radius 3 is 2.14 bits per heavy atom. The Hall–Kier alpha value is -6.65. The SMILES string of the molecule is CC(C)C(CNC(CC(=O)O)C(=O)Nc1ccc2c(ccc3nc(C4=NC(C(=O)O)CS4)sc32)c1)NC(=O)C(CCC(=O)O)NC(=O)C(CC(=O)O)NC(=O)OCc1ccccc1. The van der Waals surface area contributed by atoms with E-state index in [4.69, 9.17) is 4.74 Å². The van der Waals surface area contributed by atoms with Crippen LogP contribution in [0, 0.1) is 5.92 Å². The van der Waals surface area contributed by atoms with E-state index in [2.05, 4.69) is 36.6 Å². The highest BCUT2D eigenvalue weighted by Gasteiger charge is 2.32. The van der Waals surface area contributed by atoms with Gasteiger partial charge < -0.3 is 51.7 Å². The van der Waals surface area contributed by atoms with E-state index >= 15 is 0 Å². The molecule has 1 aromatic heterocycles. The average molecular weight is 908 g/mol. The van der Waals surface area contributed by atoms with Crippen molar-refractivity contribution in [3.8, 4) is 0 Å². The summed E-state index contributed by atoms with van der Waals surface area (Å²) in [6.45, 7) is 3.12. The van der Waals surface area contributed by atoms with Gasteiger partial charge in [0.05, 0.1) is 29.1 Å². The molecule has 22 heteroatoms. The second-order valence-electron chi connectivity index (χ2n) is 14.7. The van der Waals surface area contributed by atoms with Crippen LogP contribution in [0.25, 0.3) is 21.0 Å². The number of nitrogens with one attached hydrogen (secondary N) is 5. The number of amides is 4. The standard InChI is InChI=1S/C41H45N7O13S2/c1-20(2)29(45-35(55)26(12-13-31(49)50)44-37(57)28(16-33(53)54)48-41(60)61-18-21-6-4-3-5-7-21)17-42-27(15-32(51)52)36(56)43-23-9-10-24-22(14-23)8-11-25-34(24)63-39(46-25)38-47-30(19-62-38)40(58)59/h3-11,14,20,26-30,42H,12-13,15-19H2,1-2H3,(H,43,56)(H,44,57)(H,45,55)(H,48,60)(H,49,50)(H,51,52)(H,53,54)(H,58,59). The van der Waals surface area contributed by atoms with E-state index in [1.54, 1.807) is 74.5 Å². The first kappa shape index (κ1) is 47.4. The molecule has 5 rings (SSSR count). The van der Waals surface area contributed by atoms with Gasteiger partial charge in [-0.05, 0) is 41.5 Å². The number of rotatable bonds is 22. The van der Waals surface area contributed by atoms with Crippen molar-refractivity contribution in [1.82, 2.24) is 26.3 Å². The van der Waals surface area contributed by atoms with Gasteiger partial charge in [0.25, 0.3) is 0 Å². The summed E-state index contributed by atoms with van der Waals surface area (Å²) in [5.41, 5.74) is 1.67. The highest BCUT2D eigenvalue weighted by Crippen LogP contribution is 2.35. The van der Waals surface area contributed by atoms with Gasteiger partial charge >= 0.3 is 30.0 Å². The Balaban J connectivity index is 1.24. The molecule has 1 aliphatic heterocycles. The molecule has 0 radical (unpaired) electrons. The number of thiazole rings is 1. The summed E-state index contributed by atoms with van der Waals surface area (Å²) in [5, 5.41) is 53.4. The molecule has 63 heavy (non-hydrogen) atoms. The molecule has 5 atom stereocenters. The van der Waals surface area contributed by atoms with Gasteiger partial charge in [-0.25, -0.2) is 14.6 Å². The highest BCUT2D eigenvalue weighted by molar-refractivity contribution is 8.15. The predicted molar refractivity (Wildman–Crippen MR) is 232 cm³/mol. The molecule has 0 aliphatic carbocycles. The van der Waals surface area contributed by atoms with E-state index in [1.165, 1.54) is 23.1 Å². The van der Waals surface area contributed by atoms with Crippen LogP contribution in [0.1, 0.15) is 50.1 Å². The number of carboxylic acid groups (broad SMARTS) is 4. The number of anilines is 1. The molecule has 1 aliphatic rings. The summed E-state index contributed by atoms with van der Waals surface area (Å²) < 4.78 is 5.93. The third-order valence-electron chi connectivity index (χ3n) is 9.65. The summed E-state index contributed by atoms with van der Waals surface area (Å²) in [6.07, 6.45) is -3.64. The molecule has 0 spiro atoms. The molecule has 0 bridgehead atoms. The van der Waals surface area contributed by atoms with Crippen molar-refractivity contribution in [2.75, 3.05) is 17.6 Å². The summed E-state index contributed by atoms with van der Waals surface area (Å²) in [6, 6.07) is 11.1. The molecular formula is C41H45N7O13S2. The lowest BCUT2D eigenvalue weighted by Gasteiger charge is -2.28. The topological polar surface area (TPSA) is 312 Å². The number of alkyl carbamates (subject to hydrolysis) is 1. The second-order valence-corrected chi connectivity index (χ2v) is 16.7. The Morgan fingerprint density at radius 1 is 0.794 bits per heavy atom. The lowest BCUT2D eigenvalue weighted by atomic mass is 10.0. The molecule has 0 fully saturated rings. The lowest BCUT2D eigenvalue weighted by Crippen LogP contribution is -2.57. The first-order valence-electron chi connectivity index (χ1n) is 19.5. The number of aromatic nitrogens is 1. The third-order valence-corrected chi connectivity index (χ3v) is 11.9. The van der Waals surface area contributed by atoms with Crippen LogP contribution in [0.5, 0.6) is 0 Å². The lowest BCUT2D eigenvalue weighted by molar-refractivity contribution is -0.140. The molecule has 2 heterocycles. The Bertz CT molecular complexity index is 2410. The highest BCUT2D eigenvalue weighted by atomic mass is 32.2. The van der Waals surface area contributed by atoms with Crippen LogP contribution in [-0.4, -0.2) is 121 Å². The fraction of sp³-hybridized carbons (Fsp3) is 0.366. The number of nitrogens with zero attached hydrogens (tertiary/aromatic N) is 2. The molecule has 4 amide bonds. The minimum absolute atomic E-state index is 0.148. The maximum atomic E-state index is 13.6. The van der Waals surface area contributed by atoms with Gasteiger partial charge in [0.1, 0.15) is 28.7 Å². The molecule has 0 saturated carbocycles. The zero-order valence-electron chi connectivity index (χ0n) is 33.9. The van der Waals surface area contributed by atoms with Crippen LogP contribution < -0.4 is 26.6 Å². The van der Waals surface area contributed by atoms with E-state index in [-0.39, 0.29) is 19.1 Å². The molecule has 334 valence electrons. The zero-order chi connectivity index (χ0) is 45.8. The van der Waals surface area contributed by atoms with Crippen LogP contribution in [0.3, 0.4) is 0 Å². The number of ether oxygens (including phenoxy) is 1. The molecule has 5 unspecified atom stereocenters. The maximum Gasteiger partial charge on any atom is 0.408 e. The van der Waals surface area contributed by atoms with Crippen LogP contribution in [0.4, 0.5) is 10.5 Å². The second kappa shape index (κ2) is 21.9. The molecule has 0 saturated heterocycles. The fourth-order valence-electron chi connectivity index (χ4n) is 6.27. The Labute approximate surface area is 367 Å². The van der Waals surface area contributed by atoms with E-state index < -0.39 is 104 Å². The van der Waals surface area contributed by atoms with E-state index in [0.29, 0.717) is 32.6 Å². The summed E-state index contributed by atoms with van der Waals surface area (Å²) in [4.78, 5) is 108. The van der Waals surface area contributed by atoms with Crippen LogP contribution in [0.15, 0.2) is 65.7 Å². The van der Waals surface area contributed by atoms with Gasteiger partial charge in [0, 0.05) is 35.8 Å². The van der Waals surface area contributed by atoms with Crippen molar-refractivity contribution < 1.29 is 63.5 Å². The average Bonchev–Trinajstić information content (AvgIpc) is 3.91. The number of aliphatic imine (C=N–C) groups is 1. The van der Waals surface area contributed by atoms with Gasteiger partial charge in [-0.1, -0.05) is 56.3 Å². The number of carbonyl (C=O) groups is 8. The van der Waals surface area contributed by atoms with Crippen LogP contribution in [0.2, 0.25) is 0 Å². The van der Waals surface area contributed by atoms with E-state index in [1.807, 2.05) is 0 Å². The van der Waals surface area contributed by atoms with Crippen molar-refractivity contribution in [3.63, 3.8) is 0 Å². The van der Waals surface area contributed by atoms with E-state index in [0.717, 1.165) is 15.5 Å². The van der Waals surface area contributed by atoms with Gasteiger partial charge in [0.2, 0.25) is 17.7 Å². The molecule has 4 aromatic rings. The monoisotopic (exact) mass is 907 g/mol. The molecule has 9 N–H and O–H groups in total. The molecule has 20 nitrogen and oxygen atoms in total. The predicted octanol–water partition coefficient (Wildman–Crippen LogP) is 3.03. The number of aliphatic carboxylic acids is 4. The van der Waals surface area contributed by atoms with Crippen molar-refractivity contribution in [2.45, 2.75) is 76.3 Å². The molecular weight excluding hydrogens is 863 g/mol. The van der Waals surface area contributed by atoms with Crippen molar-refractivity contribution in [2.24, 2.45) is 10.9 Å². The zero-order valence-corrected chi connectivity index (χ0v) is 35.5. The number of hydrogen-bond donors (Lipinski definition) is 9. The fourth-order valence-corrected chi connectivity index (χ4v) is 8.46. The smallest absolute Gasteiger partial charge is 0.408 e. The Morgan fingerprint density at radius 2 is 1.49 bits per heavy atom. The number of thioether (sulfide) groups is 1. The van der Waals surface area contributed by atoms with Crippen LogP contribution in [-0.2, 0) is 44.9 Å². The number of carboxylic acids is 4. The third kappa shape index (κ3) is 13.7. The summed E-state index contributed by atoms with van der Waals surface area (Å²) in [5.74, 6) is -7.73. The minimum Gasteiger partial charge on any atom is -0.481 e. The van der Waals surface area contributed by atoms with Gasteiger partial charge in [-0.15, -0.1) is 23.1 Å². The summed E-state index contributed by atoms with van der Waals surface area (Å²) >= 11 is 2.69. The summed E-state index contributed by atoms with van der Waals surface area (Å²) in [7, 11) is 0. The number of fused-ring (bicyclic) bond motifs is 3. The number of hydrogen-bond acceptors (Lipinski definition) is 14. The van der Waals surface area contributed by atoms with E-state index in [9.17, 15) is 58.8 Å². The van der Waals surface area contributed by atoms with Gasteiger partial charge in [-0.3, -0.25) is 33.8 Å². The molecule has 3 aromatic carbocycles. The Kier molecular flexibility index (Phi) is 16.5.